The van der Waals surface area contributed by atoms with Crippen LogP contribution in [0.25, 0.3) is 5.57 Å². The lowest BCUT2D eigenvalue weighted by molar-refractivity contribution is -0.137. The molecule has 0 saturated carbocycles. The number of allylic oxidation sites excluding steroid dienone is 1. The van der Waals surface area contributed by atoms with Gasteiger partial charge in [-0.25, -0.2) is 9.59 Å². The second kappa shape index (κ2) is 9.24. The molecule has 1 aliphatic heterocycles. The minimum absolute atomic E-state index is 0.0463. The number of hydrogen-bond donors (Lipinski definition) is 2. The standard InChI is InChI=1S/C20H24N2O6/c1-3-27-18(23)17(12-21)14(2)15-4-6-16(7-5-15)28-13-20(26)8-10-22(11-9-20)19(24)25/h4-7,26H,3,8-11,13H2,1-2H3,(H,24,25)/b17-14-. The molecule has 1 aromatic carbocycles. The molecule has 2 rings (SSSR count). The molecule has 0 unspecified atom stereocenters. The summed E-state index contributed by atoms with van der Waals surface area (Å²) in [6, 6.07) is 8.70. The Bertz CT molecular complexity index is 786. The predicted octanol–water partition coefficient (Wildman–Crippen LogP) is 2.43. The molecule has 28 heavy (non-hydrogen) atoms. The number of esters is 1. The second-order valence-corrected chi connectivity index (χ2v) is 6.64. The van der Waals surface area contributed by atoms with Crippen molar-refractivity contribution >= 4 is 17.6 Å². The minimum Gasteiger partial charge on any atom is -0.491 e. The van der Waals surface area contributed by atoms with Crippen molar-refractivity contribution in [3.05, 3.63) is 35.4 Å². The van der Waals surface area contributed by atoms with E-state index in [1.165, 1.54) is 4.90 Å². The van der Waals surface area contributed by atoms with Gasteiger partial charge in [-0.2, -0.15) is 5.26 Å². The Balaban J connectivity index is 2.00. The van der Waals surface area contributed by atoms with Gasteiger partial charge in [-0.05, 0) is 50.0 Å². The summed E-state index contributed by atoms with van der Waals surface area (Å²) in [5.41, 5.74) is 0.0748. The normalized spacial score (nSPS) is 16.6. The van der Waals surface area contributed by atoms with Crippen LogP contribution in [0.1, 0.15) is 32.3 Å². The number of benzene rings is 1. The van der Waals surface area contributed by atoms with Crippen LogP contribution in [-0.4, -0.2) is 59.1 Å². The molecule has 1 amide bonds. The number of carboxylic acid groups (broad SMARTS) is 1. The Morgan fingerprint density at radius 2 is 1.86 bits per heavy atom. The number of piperidine rings is 1. The zero-order valence-corrected chi connectivity index (χ0v) is 16.0. The Morgan fingerprint density at radius 1 is 1.25 bits per heavy atom. The summed E-state index contributed by atoms with van der Waals surface area (Å²) >= 11 is 0. The van der Waals surface area contributed by atoms with Gasteiger partial charge in [0.05, 0.1) is 6.61 Å². The highest BCUT2D eigenvalue weighted by Gasteiger charge is 2.34. The van der Waals surface area contributed by atoms with E-state index in [0.717, 1.165) is 0 Å². The van der Waals surface area contributed by atoms with Gasteiger partial charge in [-0.3, -0.25) is 0 Å². The van der Waals surface area contributed by atoms with E-state index in [0.29, 0.717) is 29.7 Å². The van der Waals surface area contributed by atoms with E-state index in [4.69, 9.17) is 14.6 Å². The Hall–Kier alpha value is -3.05. The average Bonchev–Trinajstić information content (AvgIpc) is 2.68. The van der Waals surface area contributed by atoms with E-state index < -0.39 is 17.7 Å². The zero-order chi connectivity index (χ0) is 20.7. The van der Waals surface area contributed by atoms with Crippen LogP contribution in [0.15, 0.2) is 29.8 Å². The zero-order valence-electron chi connectivity index (χ0n) is 16.0. The summed E-state index contributed by atoms with van der Waals surface area (Å²) < 4.78 is 10.6. The van der Waals surface area contributed by atoms with Crippen molar-refractivity contribution in [3.63, 3.8) is 0 Å². The summed E-state index contributed by atoms with van der Waals surface area (Å²) in [6.45, 7) is 4.13. The van der Waals surface area contributed by atoms with E-state index in [2.05, 4.69) is 0 Å². The van der Waals surface area contributed by atoms with Crippen LogP contribution in [0.3, 0.4) is 0 Å². The SMILES string of the molecule is CCOC(=O)/C(C#N)=C(/C)c1ccc(OCC2(O)CCN(C(=O)O)CC2)cc1. The highest BCUT2D eigenvalue weighted by atomic mass is 16.5. The number of carbonyl (C=O) groups is 2. The highest BCUT2D eigenvalue weighted by molar-refractivity contribution is 6.01. The minimum atomic E-state index is -1.07. The molecule has 1 aliphatic rings. The molecule has 1 fully saturated rings. The van der Waals surface area contributed by atoms with Gasteiger partial charge in [0.1, 0.15) is 29.6 Å². The molecule has 150 valence electrons. The third-order valence-electron chi connectivity index (χ3n) is 4.73. The number of nitriles is 1. The van der Waals surface area contributed by atoms with Crippen molar-refractivity contribution < 1.29 is 29.3 Å². The largest absolute Gasteiger partial charge is 0.491 e. The number of amides is 1. The fraction of sp³-hybridized carbons (Fsp3) is 0.450. The lowest BCUT2D eigenvalue weighted by Crippen LogP contribution is -2.49. The molecule has 0 aromatic heterocycles. The van der Waals surface area contributed by atoms with Gasteiger partial charge >= 0.3 is 12.1 Å². The molecule has 2 N–H and O–H groups in total. The summed E-state index contributed by atoms with van der Waals surface area (Å²) in [6.07, 6.45) is -0.365. The Kier molecular flexibility index (Phi) is 7.01. The molecule has 0 aliphatic carbocycles. The van der Waals surface area contributed by atoms with Gasteiger partial charge in [-0.1, -0.05) is 12.1 Å². The molecular weight excluding hydrogens is 364 g/mol. The number of nitrogens with zero attached hydrogens (tertiary/aromatic N) is 2. The molecule has 0 radical (unpaired) electrons. The second-order valence-electron chi connectivity index (χ2n) is 6.64. The quantitative estimate of drug-likeness (QED) is 0.436. The molecule has 0 spiro atoms. The Labute approximate surface area is 163 Å². The van der Waals surface area contributed by atoms with Crippen molar-refractivity contribution in [2.24, 2.45) is 0 Å². The first-order valence-electron chi connectivity index (χ1n) is 9.01. The Morgan fingerprint density at radius 3 is 2.36 bits per heavy atom. The lowest BCUT2D eigenvalue weighted by Gasteiger charge is -2.36. The van der Waals surface area contributed by atoms with E-state index >= 15 is 0 Å². The van der Waals surface area contributed by atoms with E-state index in [1.54, 1.807) is 38.1 Å². The van der Waals surface area contributed by atoms with Gasteiger partial charge < -0.3 is 24.6 Å². The number of rotatable bonds is 6. The maximum absolute atomic E-state index is 11.8. The summed E-state index contributed by atoms with van der Waals surface area (Å²) in [5, 5.41) is 28.7. The van der Waals surface area contributed by atoms with Crippen molar-refractivity contribution in [1.82, 2.24) is 4.90 Å². The highest BCUT2D eigenvalue weighted by Crippen LogP contribution is 2.26. The van der Waals surface area contributed by atoms with Crippen molar-refractivity contribution in [2.45, 2.75) is 32.3 Å². The fourth-order valence-electron chi connectivity index (χ4n) is 2.91. The fourth-order valence-corrected chi connectivity index (χ4v) is 2.91. The number of ether oxygens (including phenoxy) is 2. The van der Waals surface area contributed by atoms with Gasteiger partial charge in [0.2, 0.25) is 0 Å². The van der Waals surface area contributed by atoms with E-state index in [9.17, 15) is 20.0 Å². The first-order valence-corrected chi connectivity index (χ1v) is 9.01. The van der Waals surface area contributed by atoms with Crippen LogP contribution in [0.2, 0.25) is 0 Å². The number of carbonyl (C=O) groups excluding carboxylic acids is 1. The molecule has 1 heterocycles. The van der Waals surface area contributed by atoms with Crippen molar-refractivity contribution in [1.29, 1.82) is 5.26 Å². The van der Waals surface area contributed by atoms with Crippen LogP contribution in [0.5, 0.6) is 5.75 Å². The molecule has 0 atom stereocenters. The molecule has 8 nitrogen and oxygen atoms in total. The van der Waals surface area contributed by atoms with Crippen molar-refractivity contribution in [3.8, 4) is 11.8 Å². The molecule has 0 bridgehead atoms. The molecule has 1 saturated heterocycles. The molecular formula is C20H24N2O6. The van der Waals surface area contributed by atoms with Crippen LogP contribution in [0, 0.1) is 11.3 Å². The van der Waals surface area contributed by atoms with Crippen LogP contribution in [0.4, 0.5) is 4.79 Å². The first-order chi connectivity index (χ1) is 13.3. The van der Waals surface area contributed by atoms with Gasteiger partial charge in [0, 0.05) is 13.1 Å². The summed E-state index contributed by atoms with van der Waals surface area (Å²) in [4.78, 5) is 24.1. The number of likely N-dealkylation sites (tertiary alicyclic amines) is 1. The number of aliphatic hydroxyl groups is 1. The smallest absolute Gasteiger partial charge is 0.407 e. The summed E-state index contributed by atoms with van der Waals surface area (Å²) in [5.74, 6) is -0.127. The first kappa shape index (κ1) is 21.3. The lowest BCUT2D eigenvalue weighted by atomic mass is 9.92. The van der Waals surface area contributed by atoms with Gasteiger partial charge in [-0.15, -0.1) is 0 Å². The summed E-state index contributed by atoms with van der Waals surface area (Å²) in [7, 11) is 0. The van der Waals surface area contributed by atoms with Gasteiger partial charge in [0.15, 0.2) is 0 Å². The van der Waals surface area contributed by atoms with Crippen molar-refractivity contribution in [2.75, 3.05) is 26.3 Å². The molecule has 8 heteroatoms. The third kappa shape index (κ3) is 5.24. The molecule has 1 aromatic rings. The van der Waals surface area contributed by atoms with E-state index in [-0.39, 0.29) is 31.9 Å². The van der Waals surface area contributed by atoms with Crippen LogP contribution < -0.4 is 4.74 Å². The van der Waals surface area contributed by atoms with Crippen LogP contribution in [-0.2, 0) is 9.53 Å². The topological polar surface area (TPSA) is 120 Å². The predicted molar refractivity (Wildman–Crippen MR) is 101 cm³/mol. The average molecular weight is 388 g/mol. The number of hydrogen-bond acceptors (Lipinski definition) is 6. The maximum atomic E-state index is 11.8. The van der Waals surface area contributed by atoms with E-state index in [1.807, 2.05) is 6.07 Å². The third-order valence-corrected chi connectivity index (χ3v) is 4.73. The van der Waals surface area contributed by atoms with Crippen LogP contribution >= 0.6 is 0 Å². The van der Waals surface area contributed by atoms with Gasteiger partial charge in [0.25, 0.3) is 0 Å². The maximum Gasteiger partial charge on any atom is 0.407 e. The monoisotopic (exact) mass is 388 g/mol.